The Morgan fingerprint density at radius 3 is 2.55 bits per heavy atom. The molecule has 2 heterocycles. The van der Waals surface area contributed by atoms with Crippen LogP contribution in [0.3, 0.4) is 0 Å². The normalized spacial score (nSPS) is 16.3. The van der Waals surface area contributed by atoms with Crippen LogP contribution in [0, 0.1) is 5.92 Å². The second kappa shape index (κ2) is 15.3. The maximum absolute atomic E-state index is 13.7. The van der Waals surface area contributed by atoms with Crippen LogP contribution in [-0.4, -0.2) is 80.7 Å². The second-order valence-electron chi connectivity index (χ2n) is 10.5. The van der Waals surface area contributed by atoms with Crippen molar-refractivity contribution < 1.29 is 28.5 Å². The van der Waals surface area contributed by atoms with Gasteiger partial charge in [0.2, 0.25) is 0 Å². The van der Waals surface area contributed by atoms with Gasteiger partial charge in [-0.2, -0.15) is 0 Å². The summed E-state index contributed by atoms with van der Waals surface area (Å²) in [6, 6.07) is 17.0. The molecule has 1 aliphatic rings. The lowest BCUT2D eigenvalue weighted by molar-refractivity contribution is 0.0521. The molecule has 0 saturated carbocycles. The van der Waals surface area contributed by atoms with Gasteiger partial charge >= 0.3 is 6.09 Å². The van der Waals surface area contributed by atoms with Crippen LogP contribution in [0.4, 0.5) is 4.79 Å². The van der Waals surface area contributed by atoms with E-state index in [2.05, 4.69) is 10.6 Å². The van der Waals surface area contributed by atoms with E-state index >= 15 is 0 Å². The number of amides is 2. The highest BCUT2D eigenvalue weighted by molar-refractivity contribution is 5.95. The number of carbonyl (C=O) groups is 2. The molecule has 2 N–H and O–H groups in total. The van der Waals surface area contributed by atoms with Crippen molar-refractivity contribution in [1.29, 1.82) is 0 Å². The molecule has 0 aliphatic carbocycles. The lowest BCUT2D eigenvalue weighted by Gasteiger charge is -2.31. The first-order chi connectivity index (χ1) is 20.4. The van der Waals surface area contributed by atoms with Crippen molar-refractivity contribution in [1.82, 2.24) is 20.1 Å². The van der Waals surface area contributed by atoms with Gasteiger partial charge in [0.15, 0.2) is 11.5 Å². The van der Waals surface area contributed by atoms with Crippen molar-refractivity contribution in [2.45, 2.75) is 39.0 Å². The summed E-state index contributed by atoms with van der Waals surface area (Å²) in [7, 11) is 3.22. The van der Waals surface area contributed by atoms with Gasteiger partial charge < -0.3 is 39.0 Å². The van der Waals surface area contributed by atoms with Gasteiger partial charge in [0, 0.05) is 81.9 Å². The van der Waals surface area contributed by atoms with Crippen molar-refractivity contribution >= 4 is 12.0 Å². The van der Waals surface area contributed by atoms with Gasteiger partial charge in [-0.15, -0.1) is 0 Å². The molecule has 10 nitrogen and oxygen atoms in total. The number of ether oxygens (including phenoxy) is 4. The lowest BCUT2D eigenvalue weighted by atomic mass is 10.0. The molecule has 4 rings (SSSR count). The summed E-state index contributed by atoms with van der Waals surface area (Å²) < 4.78 is 24.3. The zero-order valence-corrected chi connectivity index (χ0v) is 24.9. The molecule has 10 heteroatoms. The number of methoxy groups -OCH3 is 2. The van der Waals surface area contributed by atoms with Crippen LogP contribution in [0.2, 0.25) is 0 Å². The standard InChI is InChI=1S/C32H42N4O6/c1-23(2)36(31(37)24-12-13-28(40-4)29(18-24)41-17-9-16-39-3)22-26-19-33-21-30(26)42-32(38)34-20-25-10-5-6-11-27(25)35-14-7-8-15-35/h5-8,10-15,18,23,26,30,33H,9,16-17,19-22H2,1-4H3,(H,34,38)/t26-,30-/m1/s1. The lowest BCUT2D eigenvalue weighted by Crippen LogP contribution is -2.44. The molecule has 1 aromatic heterocycles. The second-order valence-corrected chi connectivity index (χ2v) is 10.5. The van der Waals surface area contributed by atoms with E-state index in [1.54, 1.807) is 32.4 Å². The van der Waals surface area contributed by atoms with Crippen molar-refractivity contribution in [3.05, 3.63) is 78.1 Å². The minimum Gasteiger partial charge on any atom is -0.493 e. The maximum Gasteiger partial charge on any atom is 0.407 e. The zero-order chi connectivity index (χ0) is 29.9. The number of hydrogen-bond donors (Lipinski definition) is 2. The molecule has 226 valence electrons. The van der Waals surface area contributed by atoms with E-state index in [0.29, 0.717) is 56.5 Å². The first-order valence-corrected chi connectivity index (χ1v) is 14.4. The minimum absolute atomic E-state index is 0.0581. The molecule has 0 bridgehead atoms. The van der Waals surface area contributed by atoms with Crippen LogP contribution < -0.4 is 20.1 Å². The number of nitrogens with one attached hydrogen (secondary N) is 2. The highest BCUT2D eigenvalue weighted by Gasteiger charge is 2.34. The number of hydrogen-bond acceptors (Lipinski definition) is 7. The fourth-order valence-electron chi connectivity index (χ4n) is 5.04. The van der Waals surface area contributed by atoms with E-state index in [1.165, 1.54) is 0 Å². The monoisotopic (exact) mass is 578 g/mol. The molecular formula is C32H42N4O6. The van der Waals surface area contributed by atoms with E-state index < -0.39 is 6.09 Å². The Balaban J connectivity index is 1.37. The Hall–Kier alpha value is -4.02. The molecule has 1 aliphatic heterocycles. The third-order valence-electron chi connectivity index (χ3n) is 7.31. The smallest absolute Gasteiger partial charge is 0.407 e. The summed E-state index contributed by atoms with van der Waals surface area (Å²) in [6.45, 7) is 6.94. The number of alkyl carbamates (subject to hydrolysis) is 1. The number of rotatable bonds is 14. The summed E-state index contributed by atoms with van der Waals surface area (Å²) in [5.41, 5.74) is 2.48. The topological polar surface area (TPSA) is 103 Å². The van der Waals surface area contributed by atoms with Crippen molar-refractivity contribution in [2.75, 3.05) is 47.1 Å². The summed E-state index contributed by atoms with van der Waals surface area (Å²) in [5.74, 6) is 0.904. The summed E-state index contributed by atoms with van der Waals surface area (Å²) >= 11 is 0. The van der Waals surface area contributed by atoms with Gasteiger partial charge in [0.1, 0.15) is 6.10 Å². The van der Waals surface area contributed by atoms with Crippen LogP contribution in [0.5, 0.6) is 11.5 Å². The molecule has 1 saturated heterocycles. The Kier molecular flexibility index (Phi) is 11.2. The average molecular weight is 579 g/mol. The molecular weight excluding hydrogens is 536 g/mol. The summed E-state index contributed by atoms with van der Waals surface area (Å²) in [6.07, 6.45) is 3.81. The van der Waals surface area contributed by atoms with Crippen LogP contribution in [0.25, 0.3) is 5.69 Å². The van der Waals surface area contributed by atoms with Crippen molar-refractivity contribution in [3.63, 3.8) is 0 Å². The highest BCUT2D eigenvalue weighted by Crippen LogP contribution is 2.29. The SMILES string of the molecule is COCCCOc1cc(C(=O)N(C[C@H]2CNC[C@H]2OC(=O)NCc2ccccc2-n2cccc2)C(C)C)ccc1OC. The van der Waals surface area contributed by atoms with Crippen LogP contribution in [0.1, 0.15) is 36.2 Å². The molecule has 3 aromatic rings. The Morgan fingerprint density at radius 1 is 1.02 bits per heavy atom. The molecule has 0 radical (unpaired) electrons. The first-order valence-electron chi connectivity index (χ1n) is 14.4. The van der Waals surface area contributed by atoms with Crippen LogP contribution in [0.15, 0.2) is 67.0 Å². The third-order valence-corrected chi connectivity index (χ3v) is 7.31. The number of para-hydroxylation sites is 1. The van der Waals surface area contributed by atoms with E-state index in [4.69, 9.17) is 18.9 Å². The van der Waals surface area contributed by atoms with E-state index in [1.807, 2.05) is 72.1 Å². The quantitative estimate of drug-likeness (QED) is 0.276. The predicted octanol–water partition coefficient (Wildman–Crippen LogP) is 4.27. The molecule has 2 aromatic carbocycles. The van der Waals surface area contributed by atoms with Crippen LogP contribution >= 0.6 is 0 Å². The van der Waals surface area contributed by atoms with E-state index in [0.717, 1.165) is 17.7 Å². The fraction of sp³-hybridized carbons (Fsp3) is 0.438. The van der Waals surface area contributed by atoms with Gasteiger partial charge in [-0.05, 0) is 55.8 Å². The van der Waals surface area contributed by atoms with E-state index in [9.17, 15) is 9.59 Å². The zero-order valence-electron chi connectivity index (χ0n) is 24.9. The average Bonchev–Trinajstić information content (AvgIpc) is 3.69. The molecule has 2 atom stereocenters. The molecule has 2 amide bonds. The Morgan fingerprint density at radius 2 is 1.81 bits per heavy atom. The summed E-state index contributed by atoms with van der Waals surface area (Å²) in [4.78, 5) is 28.3. The maximum atomic E-state index is 13.7. The van der Waals surface area contributed by atoms with Gasteiger partial charge in [0.25, 0.3) is 5.91 Å². The Bertz CT molecular complexity index is 1300. The first kappa shape index (κ1) is 30.9. The van der Waals surface area contributed by atoms with Gasteiger partial charge in [-0.3, -0.25) is 4.79 Å². The third kappa shape index (κ3) is 8.04. The summed E-state index contributed by atoms with van der Waals surface area (Å²) in [5, 5.41) is 6.22. The van der Waals surface area contributed by atoms with Gasteiger partial charge in [-0.25, -0.2) is 4.79 Å². The largest absolute Gasteiger partial charge is 0.493 e. The molecule has 0 spiro atoms. The number of aromatic nitrogens is 1. The predicted molar refractivity (Wildman–Crippen MR) is 160 cm³/mol. The molecule has 0 unspecified atom stereocenters. The van der Waals surface area contributed by atoms with Gasteiger partial charge in [-0.1, -0.05) is 18.2 Å². The minimum atomic E-state index is -0.483. The van der Waals surface area contributed by atoms with Gasteiger partial charge in [0.05, 0.1) is 13.7 Å². The fourth-order valence-corrected chi connectivity index (χ4v) is 5.04. The number of carbonyl (C=O) groups excluding carboxylic acids is 2. The molecule has 42 heavy (non-hydrogen) atoms. The Labute approximate surface area is 247 Å². The highest BCUT2D eigenvalue weighted by atomic mass is 16.6. The molecule has 1 fully saturated rings. The number of nitrogens with zero attached hydrogens (tertiary/aromatic N) is 2. The number of benzene rings is 2. The van der Waals surface area contributed by atoms with E-state index in [-0.39, 0.29) is 24.0 Å². The van der Waals surface area contributed by atoms with Crippen molar-refractivity contribution in [3.8, 4) is 17.2 Å². The van der Waals surface area contributed by atoms with Crippen LogP contribution in [-0.2, 0) is 16.0 Å². The van der Waals surface area contributed by atoms with Crippen molar-refractivity contribution in [2.24, 2.45) is 5.92 Å².